The highest BCUT2D eigenvalue weighted by Gasteiger charge is 2.28. The number of morpholine rings is 1. The molecule has 3 rings (SSSR count). The van der Waals surface area contributed by atoms with Crippen LogP contribution >= 0.6 is 0 Å². The molecule has 1 N–H and O–H groups in total. The summed E-state index contributed by atoms with van der Waals surface area (Å²) < 4.78 is 6.73. The van der Waals surface area contributed by atoms with Crippen LogP contribution in [0.15, 0.2) is 29.1 Å². The van der Waals surface area contributed by atoms with E-state index in [1.807, 2.05) is 6.07 Å². The highest BCUT2D eigenvalue weighted by Crippen LogP contribution is 2.20. The van der Waals surface area contributed by atoms with Crippen molar-refractivity contribution in [3.05, 3.63) is 40.3 Å². The maximum absolute atomic E-state index is 13.0. The normalized spacial score (nSPS) is 16.4. The Morgan fingerprint density at radius 1 is 1.18 bits per heavy atom. The fraction of sp³-hybridized carbons (Fsp3) is 0.571. The van der Waals surface area contributed by atoms with E-state index in [0.29, 0.717) is 28.9 Å². The van der Waals surface area contributed by atoms with Crippen LogP contribution in [-0.2, 0) is 11.8 Å². The van der Waals surface area contributed by atoms with Gasteiger partial charge in [-0.15, -0.1) is 0 Å². The maximum Gasteiger partial charge on any atom is 0.274 e. The zero-order chi connectivity index (χ0) is 20.1. The molecule has 1 aromatic heterocycles. The van der Waals surface area contributed by atoms with Gasteiger partial charge in [-0.25, -0.2) is 4.68 Å². The number of benzene rings is 1. The summed E-state index contributed by atoms with van der Waals surface area (Å²) in [4.78, 5) is 27.7. The quantitative estimate of drug-likeness (QED) is 0.785. The van der Waals surface area contributed by atoms with E-state index in [2.05, 4.69) is 29.2 Å². The van der Waals surface area contributed by atoms with Gasteiger partial charge in [0.15, 0.2) is 5.69 Å². The number of nitrogens with zero attached hydrogens (tertiary/aromatic N) is 3. The summed E-state index contributed by atoms with van der Waals surface area (Å²) in [6.07, 6.45) is 2.13. The van der Waals surface area contributed by atoms with Gasteiger partial charge in [-0.1, -0.05) is 44.9 Å². The van der Waals surface area contributed by atoms with Crippen LogP contribution in [0.5, 0.6) is 0 Å². The van der Waals surface area contributed by atoms with Crippen LogP contribution in [0.4, 0.5) is 0 Å². The number of hydrogen-bond donors (Lipinski definition) is 1. The molecule has 28 heavy (non-hydrogen) atoms. The zero-order valence-electron chi connectivity index (χ0n) is 17.0. The molecule has 1 aliphatic heterocycles. The molecule has 0 radical (unpaired) electrons. The van der Waals surface area contributed by atoms with Gasteiger partial charge in [-0.3, -0.25) is 14.5 Å². The van der Waals surface area contributed by atoms with E-state index in [4.69, 9.17) is 4.74 Å². The van der Waals surface area contributed by atoms with E-state index in [-0.39, 0.29) is 17.5 Å². The van der Waals surface area contributed by atoms with Crippen LogP contribution in [0, 0.1) is 5.92 Å². The van der Waals surface area contributed by atoms with Gasteiger partial charge in [0, 0.05) is 38.1 Å². The third-order valence-electron chi connectivity index (χ3n) is 5.75. The van der Waals surface area contributed by atoms with Gasteiger partial charge in [0.05, 0.1) is 18.6 Å². The molecule has 1 aromatic carbocycles. The predicted octanol–water partition coefficient (Wildman–Crippen LogP) is 1.80. The van der Waals surface area contributed by atoms with Gasteiger partial charge in [0.2, 0.25) is 0 Å². The Morgan fingerprint density at radius 3 is 2.46 bits per heavy atom. The van der Waals surface area contributed by atoms with Gasteiger partial charge < -0.3 is 10.1 Å². The van der Waals surface area contributed by atoms with Crippen molar-refractivity contribution in [1.82, 2.24) is 20.0 Å². The molecule has 2 heterocycles. The lowest BCUT2D eigenvalue weighted by atomic mass is 9.92. The molecule has 2 aromatic rings. The zero-order valence-corrected chi connectivity index (χ0v) is 17.0. The molecule has 0 spiro atoms. The molecule has 0 saturated carbocycles. The Kier molecular flexibility index (Phi) is 6.80. The van der Waals surface area contributed by atoms with Crippen molar-refractivity contribution in [3.63, 3.8) is 0 Å². The van der Waals surface area contributed by atoms with E-state index in [0.717, 1.165) is 39.1 Å². The van der Waals surface area contributed by atoms with Crippen molar-refractivity contribution < 1.29 is 9.53 Å². The highest BCUT2D eigenvalue weighted by atomic mass is 16.5. The van der Waals surface area contributed by atoms with Crippen molar-refractivity contribution in [3.8, 4) is 0 Å². The first-order chi connectivity index (χ1) is 13.6. The van der Waals surface area contributed by atoms with Crippen molar-refractivity contribution in [2.75, 3.05) is 32.8 Å². The highest BCUT2D eigenvalue weighted by molar-refractivity contribution is 6.04. The van der Waals surface area contributed by atoms with Crippen LogP contribution in [0.25, 0.3) is 10.8 Å². The maximum atomic E-state index is 13.0. The summed E-state index contributed by atoms with van der Waals surface area (Å²) in [5.74, 6) is 0.263. The van der Waals surface area contributed by atoms with Crippen LogP contribution in [-0.4, -0.2) is 59.5 Å². The number of aromatic nitrogens is 2. The molecule has 1 fully saturated rings. The Hall–Kier alpha value is -2.25. The second kappa shape index (κ2) is 9.30. The summed E-state index contributed by atoms with van der Waals surface area (Å²) in [5, 5.41) is 8.42. The molecular weight excluding hydrogens is 356 g/mol. The van der Waals surface area contributed by atoms with Gasteiger partial charge in [0.25, 0.3) is 11.5 Å². The van der Waals surface area contributed by atoms with Crippen LogP contribution in [0.1, 0.15) is 37.2 Å². The molecule has 0 bridgehead atoms. The summed E-state index contributed by atoms with van der Waals surface area (Å²) in [7, 11) is 1.58. The first-order valence-corrected chi connectivity index (χ1v) is 10.1. The Balaban J connectivity index is 1.82. The number of carbonyl (C=O) groups is 1. The number of ether oxygens (including phenoxy) is 1. The minimum absolute atomic E-state index is 0.199. The average molecular weight is 386 g/mol. The van der Waals surface area contributed by atoms with Crippen LogP contribution in [0.2, 0.25) is 0 Å². The lowest BCUT2D eigenvalue weighted by Gasteiger charge is -2.38. The topological polar surface area (TPSA) is 76.5 Å². The van der Waals surface area contributed by atoms with E-state index < -0.39 is 0 Å². The average Bonchev–Trinajstić information content (AvgIpc) is 2.74. The minimum Gasteiger partial charge on any atom is -0.379 e. The number of carbonyl (C=O) groups excluding carboxylic acids is 1. The second-order valence-electron chi connectivity index (χ2n) is 7.33. The molecule has 1 aliphatic rings. The van der Waals surface area contributed by atoms with Crippen LogP contribution < -0.4 is 10.9 Å². The van der Waals surface area contributed by atoms with E-state index in [1.54, 1.807) is 25.2 Å². The van der Waals surface area contributed by atoms with Gasteiger partial charge >= 0.3 is 0 Å². The fourth-order valence-electron chi connectivity index (χ4n) is 4.08. The molecule has 7 heteroatoms. The number of nitrogens with one attached hydrogen (secondary N) is 1. The van der Waals surface area contributed by atoms with E-state index >= 15 is 0 Å². The van der Waals surface area contributed by atoms with Crippen molar-refractivity contribution in [2.24, 2.45) is 13.0 Å². The van der Waals surface area contributed by atoms with Crippen molar-refractivity contribution >= 4 is 16.7 Å². The van der Waals surface area contributed by atoms with E-state index in [1.165, 1.54) is 4.68 Å². The molecule has 1 atom stereocenters. The van der Waals surface area contributed by atoms with Gasteiger partial charge in [-0.2, -0.15) is 5.10 Å². The smallest absolute Gasteiger partial charge is 0.274 e. The van der Waals surface area contributed by atoms with Gasteiger partial charge in [0.1, 0.15) is 0 Å². The fourth-order valence-corrected chi connectivity index (χ4v) is 4.08. The Bertz CT molecular complexity index is 870. The molecular formula is C21H30N4O3. The number of fused-ring (bicyclic) bond motifs is 1. The largest absolute Gasteiger partial charge is 0.379 e. The third kappa shape index (κ3) is 4.25. The Morgan fingerprint density at radius 2 is 1.82 bits per heavy atom. The molecule has 1 unspecified atom stereocenters. The number of hydrogen-bond acceptors (Lipinski definition) is 5. The monoisotopic (exact) mass is 386 g/mol. The summed E-state index contributed by atoms with van der Waals surface area (Å²) in [5.41, 5.74) is 0.0957. The molecule has 1 saturated heterocycles. The third-order valence-corrected chi connectivity index (χ3v) is 5.75. The molecule has 1 amide bonds. The Labute approximate surface area is 165 Å². The predicted molar refractivity (Wildman–Crippen MR) is 110 cm³/mol. The van der Waals surface area contributed by atoms with Crippen molar-refractivity contribution in [1.29, 1.82) is 0 Å². The SMILES string of the molecule is CCC(CC)C(CNC(=O)c1nn(C)c(=O)c2ccccc12)N1CCOCC1. The number of aryl methyl sites for hydroxylation is 1. The summed E-state index contributed by atoms with van der Waals surface area (Å²) >= 11 is 0. The van der Waals surface area contributed by atoms with E-state index in [9.17, 15) is 9.59 Å². The minimum atomic E-state index is -0.240. The number of amides is 1. The van der Waals surface area contributed by atoms with Crippen LogP contribution in [0.3, 0.4) is 0 Å². The summed E-state index contributed by atoms with van der Waals surface area (Å²) in [6.45, 7) is 8.20. The first-order valence-electron chi connectivity index (χ1n) is 10.1. The number of rotatable bonds is 7. The lowest BCUT2D eigenvalue weighted by Crippen LogP contribution is -2.52. The second-order valence-corrected chi connectivity index (χ2v) is 7.33. The molecule has 7 nitrogen and oxygen atoms in total. The lowest BCUT2D eigenvalue weighted by molar-refractivity contribution is 0.00190. The molecule has 0 aliphatic carbocycles. The van der Waals surface area contributed by atoms with Crippen molar-refractivity contribution in [2.45, 2.75) is 32.7 Å². The van der Waals surface area contributed by atoms with Gasteiger partial charge in [-0.05, 0) is 12.0 Å². The summed E-state index contributed by atoms with van der Waals surface area (Å²) in [6, 6.07) is 7.39. The first kappa shape index (κ1) is 20.5. The molecule has 152 valence electrons. The standard InChI is InChI=1S/C21H30N4O3/c1-4-15(5-2)18(25-10-12-28-13-11-25)14-22-20(26)19-16-8-6-7-9-17(16)21(27)24(3)23-19/h6-9,15,18H,4-5,10-14H2,1-3H3,(H,22,26).